The predicted molar refractivity (Wildman–Crippen MR) is 111 cm³/mol. The van der Waals surface area contributed by atoms with Crippen molar-refractivity contribution >= 4 is 11.4 Å². The molecule has 1 aliphatic heterocycles. The van der Waals surface area contributed by atoms with Crippen LogP contribution in [0.3, 0.4) is 0 Å². The van der Waals surface area contributed by atoms with Crippen LogP contribution in [-0.4, -0.2) is 6.54 Å². The highest BCUT2D eigenvalue weighted by Gasteiger charge is 2.33. The van der Waals surface area contributed by atoms with E-state index in [2.05, 4.69) is 48.3 Å². The second kappa shape index (κ2) is 7.47. The van der Waals surface area contributed by atoms with E-state index in [-0.39, 0.29) is 12.1 Å². The number of benzene rings is 3. The van der Waals surface area contributed by atoms with E-state index in [1.165, 1.54) is 23.3 Å². The summed E-state index contributed by atoms with van der Waals surface area (Å²) >= 11 is 0. The largest absolute Gasteiger partial charge is 0.416 e. The van der Waals surface area contributed by atoms with Gasteiger partial charge in [-0.25, -0.2) is 0 Å². The van der Waals surface area contributed by atoms with Gasteiger partial charge in [-0.05, 0) is 49.2 Å². The van der Waals surface area contributed by atoms with Crippen LogP contribution < -0.4 is 10.2 Å². The monoisotopic (exact) mass is 396 g/mol. The standard InChI is InChI=1S/C24H23F3N2/c1-16-7-5-8-18(13-16)17(2)29-15-22(28-21-11-3-4-12-23(21)29)19-9-6-10-20(14-19)24(25,26)27/h3-14,17,22,28H,15H2,1-2H3. The predicted octanol–water partition coefficient (Wildman–Crippen LogP) is 6.75. The number of anilines is 2. The van der Waals surface area contributed by atoms with Crippen molar-refractivity contribution in [1.82, 2.24) is 0 Å². The lowest BCUT2D eigenvalue weighted by molar-refractivity contribution is -0.137. The van der Waals surface area contributed by atoms with Gasteiger partial charge in [0.1, 0.15) is 0 Å². The van der Waals surface area contributed by atoms with E-state index in [0.717, 1.165) is 17.4 Å². The fourth-order valence-corrected chi connectivity index (χ4v) is 3.97. The molecule has 2 nitrogen and oxygen atoms in total. The molecule has 1 N–H and O–H groups in total. The first kappa shape index (κ1) is 19.4. The normalized spacial score (nSPS) is 17.4. The van der Waals surface area contributed by atoms with Crippen LogP contribution in [0.1, 0.15) is 41.3 Å². The highest BCUT2D eigenvalue weighted by Crippen LogP contribution is 2.41. The van der Waals surface area contributed by atoms with Gasteiger partial charge in [-0.3, -0.25) is 0 Å². The molecule has 3 aromatic rings. The zero-order chi connectivity index (χ0) is 20.6. The van der Waals surface area contributed by atoms with E-state index in [1.54, 1.807) is 6.07 Å². The lowest BCUT2D eigenvalue weighted by atomic mass is 9.97. The Kier molecular flexibility index (Phi) is 4.99. The second-order valence-electron chi connectivity index (χ2n) is 7.58. The van der Waals surface area contributed by atoms with E-state index in [9.17, 15) is 13.2 Å². The number of hydrogen-bond donors (Lipinski definition) is 1. The summed E-state index contributed by atoms with van der Waals surface area (Å²) in [5, 5.41) is 3.43. The maximum Gasteiger partial charge on any atom is 0.416 e. The Morgan fingerprint density at radius 1 is 0.966 bits per heavy atom. The van der Waals surface area contributed by atoms with Crippen LogP contribution in [0.25, 0.3) is 0 Å². The molecule has 2 atom stereocenters. The van der Waals surface area contributed by atoms with E-state index < -0.39 is 11.7 Å². The Hall–Kier alpha value is -2.95. The highest BCUT2D eigenvalue weighted by atomic mass is 19.4. The van der Waals surface area contributed by atoms with Crippen molar-refractivity contribution < 1.29 is 13.2 Å². The number of para-hydroxylation sites is 2. The number of fused-ring (bicyclic) bond motifs is 1. The van der Waals surface area contributed by atoms with Crippen molar-refractivity contribution in [2.24, 2.45) is 0 Å². The van der Waals surface area contributed by atoms with Crippen molar-refractivity contribution in [3.8, 4) is 0 Å². The fraction of sp³-hybridized carbons (Fsp3) is 0.250. The van der Waals surface area contributed by atoms with Crippen molar-refractivity contribution in [3.05, 3.63) is 95.1 Å². The van der Waals surface area contributed by atoms with Crippen LogP contribution in [0.4, 0.5) is 24.5 Å². The van der Waals surface area contributed by atoms with Crippen LogP contribution in [0.5, 0.6) is 0 Å². The topological polar surface area (TPSA) is 15.3 Å². The second-order valence-corrected chi connectivity index (χ2v) is 7.58. The lowest BCUT2D eigenvalue weighted by Gasteiger charge is -2.41. The van der Waals surface area contributed by atoms with Crippen molar-refractivity contribution in [2.75, 3.05) is 16.8 Å². The Balaban J connectivity index is 1.72. The molecular formula is C24H23F3N2. The summed E-state index contributed by atoms with van der Waals surface area (Å²) in [6.07, 6.45) is -4.35. The first-order valence-corrected chi connectivity index (χ1v) is 9.69. The number of halogens is 3. The average molecular weight is 396 g/mol. The third-order valence-electron chi connectivity index (χ3n) is 5.53. The van der Waals surface area contributed by atoms with E-state index in [4.69, 9.17) is 0 Å². The minimum absolute atomic E-state index is 0.0893. The maximum absolute atomic E-state index is 13.2. The van der Waals surface area contributed by atoms with Gasteiger partial charge in [-0.15, -0.1) is 0 Å². The summed E-state index contributed by atoms with van der Waals surface area (Å²) in [4.78, 5) is 2.27. The number of aryl methyl sites for hydroxylation is 1. The minimum atomic E-state index is -4.35. The average Bonchev–Trinajstić information content (AvgIpc) is 2.72. The summed E-state index contributed by atoms with van der Waals surface area (Å²) < 4.78 is 39.6. The Morgan fingerprint density at radius 2 is 1.72 bits per heavy atom. The van der Waals surface area contributed by atoms with Crippen molar-refractivity contribution in [1.29, 1.82) is 0 Å². The summed E-state index contributed by atoms with van der Waals surface area (Å²) in [7, 11) is 0. The van der Waals surface area contributed by atoms with E-state index in [0.29, 0.717) is 12.1 Å². The molecule has 0 bridgehead atoms. The molecule has 29 heavy (non-hydrogen) atoms. The molecule has 0 amide bonds. The number of alkyl halides is 3. The molecule has 0 aliphatic carbocycles. The first-order valence-electron chi connectivity index (χ1n) is 9.69. The van der Waals surface area contributed by atoms with Gasteiger partial charge in [-0.1, -0.05) is 54.1 Å². The SMILES string of the molecule is Cc1cccc(C(C)N2CC(c3cccc(C(F)(F)F)c3)Nc3ccccc32)c1. The van der Waals surface area contributed by atoms with Crippen LogP contribution in [0, 0.1) is 6.92 Å². The molecule has 1 aliphatic rings. The smallest absolute Gasteiger partial charge is 0.375 e. The number of nitrogens with one attached hydrogen (secondary N) is 1. The molecule has 0 fully saturated rings. The summed E-state index contributed by atoms with van der Waals surface area (Å²) in [5.41, 5.74) is 4.38. The van der Waals surface area contributed by atoms with Crippen molar-refractivity contribution in [2.45, 2.75) is 32.1 Å². The zero-order valence-corrected chi connectivity index (χ0v) is 16.4. The molecule has 5 heteroatoms. The van der Waals surface area contributed by atoms with Gasteiger partial charge in [0.2, 0.25) is 0 Å². The molecular weight excluding hydrogens is 373 g/mol. The lowest BCUT2D eigenvalue weighted by Crippen LogP contribution is -2.38. The van der Waals surface area contributed by atoms with Crippen LogP contribution in [0.15, 0.2) is 72.8 Å². The molecule has 0 saturated heterocycles. The molecule has 0 radical (unpaired) electrons. The molecule has 0 spiro atoms. The minimum Gasteiger partial charge on any atom is -0.375 e. The van der Waals surface area contributed by atoms with Gasteiger partial charge in [-0.2, -0.15) is 13.2 Å². The Bertz CT molecular complexity index is 1010. The third-order valence-corrected chi connectivity index (χ3v) is 5.53. The third kappa shape index (κ3) is 3.95. The van der Waals surface area contributed by atoms with Crippen LogP contribution in [-0.2, 0) is 6.18 Å². The maximum atomic E-state index is 13.2. The number of hydrogen-bond acceptors (Lipinski definition) is 2. The molecule has 0 saturated carbocycles. The molecule has 150 valence electrons. The molecule has 2 unspecified atom stereocenters. The van der Waals surface area contributed by atoms with Gasteiger partial charge < -0.3 is 10.2 Å². The molecule has 1 heterocycles. The quantitative estimate of drug-likeness (QED) is 0.527. The first-order chi connectivity index (χ1) is 13.8. The van der Waals surface area contributed by atoms with E-state index >= 15 is 0 Å². The highest BCUT2D eigenvalue weighted by molar-refractivity contribution is 5.73. The Labute approximate surface area is 169 Å². The van der Waals surface area contributed by atoms with Crippen LogP contribution >= 0.6 is 0 Å². The summed E-state index contributed by atoms with van der Waals surface area (Å²) in [6, 6.07) is 21.8. The van der Waals surface area contributed by atoms with Crippen molar-refractivity contribution in [3.63, 3.8) is 0 Å². The number of rotatable bonds is 3. The Morgan fingerprint density at radius 3 is 2.48 bits per heavy atom. The van der Waals surface area contributed by atoms with Gasteiger partial charge >= 0.3 is 6.18 Å². The summed E-state index contributed by atoms with van der Waals surface area (Å²) in [6.45, 7) is 4.78. The zero-order valence-electron chi connectivity index (χ0n) is 16.4. The molecule has 4 rings (SSSR count). The van der Waals surface area contributed by atoms with Gasteiger partial charge in [0, 0.05) is 6.54 Å². The van der Waals surface area contributed by atoms with Crippen LogP contribution in [0.2, 0.25) is 0 Å². The van der Waals surface area contributed by atoms with E-state index in [1.807, 2.05) is 24.3 Å². The van der Waals surface area contributed by atoms with Gasteiger partial charge in [0.25, 0.3) is 0 Å². The molecule has 3 aromatic carbocycles. The summed E-state index contributed by atoms with van der Waals surface area (Å²) in [5.74, 6) is 0. The molecule has 0 aromatic heterocycles. The van der Waals surface area contributed by atoms with Gasteiger partial charge in [0.15, 0.2) is 0 Å². The fourth-order valence-electron chi connectivity index (χ4n) is 3.97. The van der Waals surface area contributed by atoms with Gasteiger partial charge in [0.05, 0.1) is 29.0 Å². The number of nitrogens with zero attached hydrogens (tertiary/aromatic N) is 1.